The van der Waals surface area contributed by atoms with Gasteiger partial charge in [-0.25, -0.2) is 4.98 Å². The van der Waals surface area contributed by atoms with Gasteiger partial charge in [-0.3, -0.25) is 4.79 Å². The Kier molecular flexibility index (Phi) is 4.67. The van der Waals surface area contributed by atoms with Crippen LogP contribution in [0.25, 0.3) is 0 Å². The van der Waals surface area contributed by atoms with E-state index in [1.165, 1.54) is 30.5 Å². The number of hydrogen-bond donors (Lipinski definition) is 1. The number of halogens is 5. The lowest BCUT2D eigenvalue weighted by Gasteiger charge is -2.14. The molecule has 21 heavy (non-hydrogen) atoms. The second kappa shape index (κ2) is 6.15. The summed E-state index contributed by atoms with van der Waals surface area (Å²) >= 11 is 6.08. The summed E-state index contributed by atoms with van der Waals surface area (Å²) in [6, 6.07) is 6.36. The molecule has 1 aromatic carbocycles. The van der Waals surface area contributed by atoms with Crippen molar-refractivity contribution in [3.63, 3.8) is 0 Å². The van der Waals surface area contributed by atoms with Gasteiger partial charge in [-0.2, -0.15) is 13.2 Å². The van der Waals surface area contributed by atoms with E-state index in [1.54, 1.807) is 0 Å². The first-order chi connectivity index (χ1) is 9.77. The lowest BCUT2D eigenvalue weighted by Crippen LogP contribution is -2.16. The number of carbonyl (C=O) groups is 1. The maximum Gasteiger partial charge on any atom is 0.418 e. The Bertz CT molecular complexity index is 689. The maximum absolute atomic E-state index is 13.0. The van der Waals surface area contributed by atoms with Crippen molar-refractivity contribution >= 4 is 43.5 Å². The Morgan fingerprint density at radius 1 is 1.14 bits per heavy atom. The number of rotatable bonds is 2. The second-order valence-corrected chi connectivity index (χ2v) is 5.74. The van der Waals surface area contributed by atoms with Crippen molar-refractivity contribution in [2.45, 2.75) is 6.18 Å². The summed E-state index contributed by atoms with van der Waals surface area (Å²) in [5.41, 5.74) is -1.02. The van der Waals surface area contributed by atoms with Crippen molar-refractivity contribution < 1.29 is 18.0 Å². The molecule has 0 aliphatic carbocycles. The third-order valence-electron chi connectivity index (χ3n) is 2.52. The number of alkyl halides is 3. The minimum absolute atomic E-state index is 0.202. The number of anilines is 1. The number of hydrogen-bond acceptors (Lipinski definition) is 2. The summed E-state index contributed by atoms with van der Waals surface area (Å²) < 4.78 is 39.6. The average molecular weight is 424 g/mol. The van der Waals surface area contributed by atoms with Gasteiger partial charge >= 0.3 is 6.18 Å². The Morgan fingerprint density at radius 3 is 2.48 bits per heavy atom. The predicted octanol–water partition coefficient (Wildman–Crippen LogP) is 4.88. The monoisotopic (exact) mass is 422 g/mol. The first-order valence-electron chi connectivity index (χ1n) is 5.57. The fourth-order valence-electron chi connectivity index (χ4n) is 1.60. The van der Waals surface area contributed by atoms with Crippen LogP contribution in [-0.2, 0) is 6.18 Å². The highest BCUT2D eigenvalue weighted by molar-refractivity contribution is 9.10. The summed E-state index contributed by atoms with van der Waals surface area (Å²) in [4.78, 5) is 15.8. The summed E-state index contributed by atoms with van der Waals surface area (Å²) in [6.07, 6.45) is -3.18. The molecule has 3 nitrogen and oxygen atoms in total. The summed E-state index contributed by atoms with van der Waals surface area (Å²) in [7, 11) is 0. The van der Waals surface area contributed by atoms with Crippen LogP contribution in [0.1, 0.15) is 15.9 Å². The molecule has 0 spiro atoms. The molecular formula is C13H7Br2F3N2O. The van der Waals surface area contributed by atoms with Crippen LogP contribution in [-0.4, -0.2) is 10.9 Å². The summed E-state index contributed by atoms with van der Waals surface area (Å²) in [6.45, 7) is 0. The molecule has 2 aromatic rings. The molecule has 1 N–H and O–H groups in total. The number of nitrogens with one attached hydrogen (secondary N) is 1. The molecule has 110 valence electrons. The van der Waals surface area contributed by atoms with Crippen molar-refractivity contribution in [1.82, 2.24) is 4.98 Å². The van der Waals surface area contributed by atoms with Crippen molar-refractivity contribution in [3.05, 3.63) is 56.7 Å². The normalized spacial score (nSPS) is 11.3. The van der Waals surface area contributed by atoms with Gasteiger partial charge in [0.1, 0.15) is 4.60 Å². The first kappa shape index (κ1) is 16.0. The summed E-state index contributed by atoms with van der Waals surface area (Å²) in [5, 5.41) is 2.26. The van der Waals surface area contributed by atoms with Gasteiger partial charge in [0.15, 0.2) is 0 Å². The van der Waals surface area contributed by atoms with Gasteiger partial charge in [-0.15, -0.1) is 0 Å². The number of amides is 1. The van der Waals surface area contributed by atoms with Crippen LogP contribution in [0.5, 0.6) is 0 Å². The number of carbonyl (C=O) groups excluding carboxylic acids is 1. The standard InChI is InChI=1S/C13H7Br2F3N2O/c14-8-1-2-10(9(6-8)13(16,17)18)20-12(21)7-3-4-19-11(15)5-7/h1-6H,(H,20,21). The Labute approximate surface area is 134 Å². The highest BCUT2D eigenvalue weighted by Crippen LogP contribution is 2.36. The molecule has 0 bridgehead atoms. The molecule has 0 saturated carbocycles. The molecule has 8 heteroatoms. The quantitative estimate of drug-likeness (QED) is 0.699. The van der Waals surface area contributed by atoms with Gasteiger partial charge < -0.3 is 5.32 Å². The van der Waals surface area contributed by atoms with Gasteiger partial charge in [0.2, 0.25) is 0 Å². The van der Waals surface area contributed by atoms with Crippen molar-refractivity contribution in [2.24, 2.45) is 0 Å². The third-order valence-corrected chi connectivity index (χ3v) is 3.45. The Morgan fingerprint density at radius 2 is 1.86 bits per heavy atom. The van der Waals surface area contributed by atoms with E-state index in [1.807, 2.05) is 0 Å². The van der Waals surface area contributed by atoms with Crippen LogP contribution in [0, 0.1) is 0 Å². The molecule has 0 radical (unpaired) electrons. The number of benzene rings is 1. The molecule has 1 heterocycles. The van der Waals surface area contributed by atoms with E-state index in [0.717, 1.165) is 6.07 Å². The summed E-state index contributed by atoms with van der Waals surface area (Å²) in [5.74, 6) is -0.647. The minimum atomic E-state index is -4.56. The molecule has 0 atom stereocenters. The number of aromatic nitrogens is 1. The van der Waals surface area contributed by atoms with E-state index < -0.39 is 17.6 Å². The van der Waals surface area contributed by atoms with E-state index >= 15 is 0 Å². The molecular weight excluding hydrogens is 417 g/mol. The fraction of sp³-hybridized carbons (Fsp3) is 0.0769. The molecule has 1 aromatic heterocycles. The SMILES string of the molecule is O=C(Nc1ccc(Br)cc1C(F)(F)F)c1ccnc(Br)c1. The number of pyridine rings is 1. The molecule has 0 saturated heterocycles. The minimum Gasteiger partial charge on any atom is -0.321 e. The zero-order chi connectivity index (χ0) is 15.6. The van der Waals surface area contributed by atoms with Crippen molar-refractivity contribution in [3.8, 4) is 0 Å². The van der Waals surface area contributed by atoms with E-state index in [-0.39, 0.29) is 15.7 Å². The van der Waals surface area contributed by atoms with E-state index in [4.69, 9.17) is 0 Å². The van der Waals surface area contributed by atoms with Crippen LogP contribution >= 0.6 is 31.9 Å². The van der Waals surface area contributed by atoms with Crippen LogP contribution in [0.15, 0.2) is 45.6 Å². The molecule has 0 unspecified atom stereocenters. The Hall–Kier alpha value is -1.41. The lowest BCUT2D eigenvalue weighted by atomic mass is 10.1. The zero-order valence-corrected chi connectivity index (χ0v) is 13.4. The molecule has 2 rings (SSSR count). The van der Waals surface area contributed by atoms with Crippen LogP contribution in [0.3, 0.4) is 0 Å². The van der Waals surface area contributed by atoms with Crippen LogP contribution in [0.4, 0.5) is 18.9 Å². The predicted molar refractivity (Wildman–Crippen MR) is 79.0 cm³/mol. The first-order valence-corrected chi connectivity index (χ1v) is 7.15. The Balaban J connectivity index is 2.34. The van der Waals surface area contributed by atoms with Crippen LogP contribution < -0.4 is 5.32 Å². The van der Waals surface area contributed by atoms with Gasteiger partial charge in [0, 0.05) is 16.2 Å². The fourth-order valence-corrected chi connectivity index (χ4v) is 2.32. The van der Waals surface area contributed by atoms with Gasteiger partial charge in [-0.05, 0) is 46.3 Å². The maximum atomic E-state index is 13.0. The molecule has 0 aliphatic heterocycles. The van der Waals surface area contributed by atoms with E-state index in [2.05, 4.69) is 42.2 Å². The van der Waals surface area contributed by atoms with Crippen LogP contribution in [0.2, 0.25) is 0 Å². The van der Waals surface area contributed by atoms with Crippen molar-refractivity contribution in [2.75, 3.05) is 5.32 Å². The topological polar surface area (TPSA) is 42.0 Å². The second-order valence-electron chi connectivity index (χ2n) is 4.01. The smallest absolute Gasteiger partial charge is 0.321 e. The average Bonchev–Trinajstić information content (AvgIpc) is 2.39. The largest absolute Gasteiger partial charge is 0.418 e. The number of nitrogens with zero attached hydrogens (tertiary/aromatic N) is 1. The molecule has 0 fully saturated rings. The highest BCUT2D eigenvalue weighted by atomic mass is 79.9. The van der Waals surface area contributed by atoms with Gasteiger partial charge in [0.05, 0.1) is 11.3 Å². The van der Waals surface area contributed by atoms with E-state index in [9.17, 15) is 18.0 Å². The highest BCUT2D eigenvalue weighted by Gasteiger charge is 2.34. The lowest BCUT2D eigenvalue weighted by molar-refractivity contribution is -0.136. The zero-order valence-electron chi connectivity index (χ0n) is 10.2. The van der Waals surface area contributed by atoms with Gasteiger partial charge in [-0.1, -0.05) is 15.9 Å². The molecule has 0 aliphatic rings. The molecule has 1 amide bonds. The van der Waals surface area contributed by atoms with E-state index in [0.29, 0.717) is 4.60 Å². The third kappa shape index (κ3) is 4.04. The van der Waals surface area contributed by atoms with Crippen molar-refractivity contribution in [1.29, 1.82) is 0 Å². The van der Waals surface area contributed by atoms with Gasteiger partial charge in [0.25, 0.3) is 5.91 Å².